The van der Waals surface area contributed by atoms with Gasteiger partial charge in [0, 0.05) is 5.56 Å². The summed E-state index contributed by atoms with van der Waals surface area (Å²) in [6, 6.07) is 16.4. The number of amidine groups is 1. The van der Waals surface area contributed by atoms with Crippen LogP contribution in [0.1, 0.15) is 16.7 Å². The number of hydrogen-bond acceptors (Lipinski definition) is 1. The van der Waals surface area contributed by atoms with Crippen LogP contribution in [0.2, 0.25) is 0 Å². The summed E-state index contributed by atoms with van der Waals surface area (Å²) in [5.41, 5.74) is 4.50. The number of aryl methyl sites for hydroxylation is 2. The summed E-state index contributed by atoms with van der Waals surface area (Å²) < 4.78 is 0. The van der Waals surface area contributed by atoms with Crippen molar-refractivity contribution in [1.82, 2.24) is 5.09 Å². The number of nitrogens with one attached hydrogen (secondary N) is 1. The molecule has 0 amide bonds. The Bertz CT molecular complexity index is 542. The van der Waals surface area contributed by atoms with E-state index in [1.807, 2.05) is 30.3 Å². The van der Waals surface area contributed by atoms with Crippen LogP contribution >= 0.6 is 9.39 Å². The van der Waals surface area contributed by atoms with Crippen LogP contribution in [0, 0.1) is 13.8 Å². The molecular formula is C15H17N2P. The molecule has 0 spiro atoms. The van der Waals surface area contributed by atoms with E-state index in [1.54, 1.807) is 0 Å². The molecule has 18 heavy (non-hydrogen) atoms. The minimum atomic E-state index is 0.852. The fraction of sp³-hybridized carbons (Fsp3) is 0.133. The topological polar surface area (TPSA) is 24.4 Å². The SMILES string of the molecule is Cc1cc(C)cc(N=C(NP)c2ccccc2)c1. The second kappa shape index (κ2) is 5.79. The van der Waals surface area contributed by atoms with Gasteiger partial charge in [0.25, 0.3) is 0 Å². The van der Waals surface area contributed by atoms with Gasteiger partial charge >= 0.3 is 0 Å². The van der Waals surface area contributed by atoms with Gasteiger partial charge in [-0.2, -0.15) is 0 Å². The van der Waals surface area contributed by atoms with E-state index in [0.717, 1.165) is 17.1 Å². The molecule has 0 aliphatic carbocycles. The highest BCUT2D eigenvalue weighted by atomic mass is 31.0. The Morgan fingerprint density at radius 3 is 2.17 bits per heavy atom. The van der Waals surface area contributed by atoms with Crippen molar-refractivity contribution in [3.05, 3.63) is 65.2 Å². The van der Waals surface area contributed by atoms with Crippen LogP contribution in [-0.2, 0) is 0 Å². The summed E-state index contributed by atoms with van der Waals surface area (Å²) in [5.74, 6) is 0.852. The Balaban J connectivity index is 2.41. The maximum absolute atomic E-state index is 4.65. The summed E-state index contributed by atoms with van der Waals surface area (Å²) in [4.78, 5) is 4.65. The number of aliphatic imine (C=N–C) groups is 1. The molecule has 0 saturated heterocycles. The van der Waals surface area contributed by atoms with Gasteiger partial charge in [-0.05, 0) is 46.5 Å². The Labute approximate surface area is 110 Å². The molecule has 2 rings (SSSR count). The molecule has 2 aromatic rings. The van der Waals surface area contributed by atoms with Gasteiger partial charge in [0.1, 0.15) is 5.84 Å². The fourth-order valence-corrected chi connectivity index (χ4v) is 2.15. The van der Waals surface area contributed by atoms with Crippen molar-refractivity contribution < 1.29 is 0 Å². The van der Waals surface area contributed by atoms with Crippen LogP contribution < -0.4 is 5.09 Å². The zero-order valence-corrected chi connectivity index (χ0v) is 11.8. The van der Waals surface area contributed by atoms with E-state index in [2.05, 4.69) is 51.5 Å². The molecular weight excluding hydrogens is 239 g/mol. The summed E-state index contributed by atoms with van der Waals surface area (Å²) in [6.07, 6.45) is 0. The summed E-state index contributed by atoms with van der Waals surface area (Å²) >= 11 is 0. The molecule has 3 heteroatoms. The Kier molecular flexibility index (Phi) is 4.11. The maximum Gasteiger partial charge on any atom is 0.136 e. The maximum atomic E-state index is 4.65. The molecule has 0 saturated carbocycles. The Hall–Kier alpha value is -1.66. The second-order valence-electron chi connectivity index (χ2n) is 4.32. The number of benzene rings is 2. The number of hydrogen-bond donors (Lipinski definition) is 1. The van der Waals surface area contributed by atoms with Gasteiger partial charge in [-0.3, -0.25) is 0 Å². The summed E-state index contributed by atoms with van der Waals surface area (Å²) in [6.45, 7) is 4.17. The standard InChI is InChI=1S/C15H17N2P/c1-11-8-12(2)10-14(9-11)16-15(17-18)13-6-4-3-5-7-13/h3-10H,18H2,1-2H3,(H,16,17). The average molecular weight is 256 g/mol. The molecule has 92 valence electrons. The molecule has 0 aliphatic rings. The molecule has 1 atom stereocenters. The monoisotopic (exact) mass is 256 g/mol. The quantitative estimate of drug-likeness (QED) is 0.494. The van der Waals surface area contributed by atoms with Crippen LogP contribution in [0.25, 0.3) is 0 Å². The van der Waals surface area contributed by atoms with Crippen LogP contribution in [0.3, 0.4) is 0 Å². The highest BCUT2D eigenvalue weighted by molar-refractivity contribution is 7.15. The second-order valence-corrected chi connectivity index (χ2v) is 4.61. The van der Waals surface area contributed by atoms with Gasteiger partial charge in [0.05, 0.1) is 5.69 Å². The first kappa shape index (κ1) is 12.8. The third-order valence-corrected chi connectivity index (χ3v) is 2.90. The molecule has 1 unspecified atom stereocenters. The normalized spacial score (nSPS) is 11.4. The van der Waals surface area contributed by atoms with E-state index in [-0.39, 0.29) is 0 Å². The first-order chi connectivity index (χ1) is 8.69. The van der Waals surface area contributed by atoms with Gasteiger partial charge < -0.3 is 5.09 Å². The zero-order chi connectivity index (χ0) is 13.0. The molecule has 0 radical (unpaired) electrons. The first-order valence-corrected chi connectivity index (χ1v) is 6.46. The van der Waals surface area contributed by atoms with E-state index < -0.39 is 0 Å². The Morgan fingerprint density at radius 1 is 1.00 bits per heavy atom. The van der Waals surface area contributed by atoms with Crippen molar-refractivity contribution >= 4 is 20.9 Å². The highest BCUT2D eigenvalue weighted by Gasteiger charge is 2.01. The highest BCUT2D eigenvalue weighted by Crippen LogP contribution is 2.18. The van der Waals surface area contributed by atoms with E-state index in [9.17, 15) is 0 Å². The Morgan fingerprint density at radius 2 is 1.61 bits per heavy atom. The average Bonchev–Trinajstić information content (AvgIpc) is 2.36. The van der Waals surface area contributed by atoms with E-state index >= 15 is 0 Å². The van der Waals surface area contributed by atoms with Gasteiger partial charge in [0.2, 0.25) is 0 Å². The van der Waals surface area contributed by atoms with Crippen molar-refractivity contribution in [3.63, 3.8) is 0 Å². The van der Waals surface area contributed by atoms with Gasteiger partial charge in [-0.1, -0.05) is 36.4 Å². The molecule has 0 fully saturated rings. The fourth-order valence-electron chi connectivity index (χ4n) is 1.92. The number of rotatable bonds is 2. The molecule has 2 nitrogen and oxygen atoms in total. The van der Waals surface area contributed by atoms with Crippen molar-refractivity contribution in [2.45, 2.75) is 13.8 Å². The molecule has 1 N–H and O–H groups in total. The molecule has 0 aliphatic heterocycles. The lowest BCUT2D eigenvalue weighted by Crippen LogP contribution is -2.13. The van der Waals surface area contributed by atoms with E-state index in [4.69, 9.17) is 0 Å². The predicted octanol–water partition coefficient (Wildman–Crippen LogP) is 3.76. The lowest BCUT2D eigenvalue weighted by molar-refractivity contribution is 1.33. The van der Waals surface area contributed by atoms with Crippen LogP contribution in [0.15, 0.2) is 53.5 Å². The van der Waals surface area contributed by atoms with Crippen LogP contribution in [-0.4, -0.2) is 5.84 Å². The van der Waals surface area contributed by atoms with Gasteiger partial charge in [-0.25, -0.2) is 4.99 Å². The summed E-state index contributed by atoms with van der Waals surface area (Å²) in [5, 5.41) is 3.07. The smallest absolute Gasteiger partial charge is 0.136 e. The molecule has 0 bridgehead atoms. The molecule has 0 aromatic heterocycles. The van der Waals surface area contributed by atoms with E-state index in [1.165, 1.54) is 11.1 Å². The zero-order valence-electron chi connectivity index (χ0n) is 10.6. The predicted molar refractivity (Wildman–Crippen MR) is 81.4 cm³/mol. The lowest BCUT2D eigenvalue weighted by atomic mass is 10.1. The van der Waals surface area contributed by atoms with Crippen LogP contribution in [0.4, 0.5) is 5.69 Å². The van der Waals surface area contributed by atoms with Crippen molar-refractivity contribution in [2.24, 2.45) is 4.99 Å². The number of nitrogens with zero attached hydrogens (tertiary/aromatic N) is 1. The van der Waals surface area contributed by atoms with Crippen molar-refractivity contribution in [2.75, 3.05) is 0 Å². The molecule has 2 aromatic carbocycles. The van der Waals surface area contributed by atoms with Crippen molar-refractivity contribution in [1.29, 1.82) is 0 Å². The lowest BCUT2D eigenvalue weighted by Gasteiger charge is -2.07. The van der Waals surface area contributed by atoms with Gasteiger partial charge in [-0.15, -0.1) is 0 Å². The molecule has 0 heterocycles. The third-order valence-electron chi connectivity index (χ3n) is 2.63. The van der Waals surface area contributed by atoms with Crippen LogP contribution in [0.5, 0.6) is 0 Å². The largest absolute Gasteiger partial charge is 0.354 e. The summed E-state index contributed by atoms with van der Waals surface area (Å²) in [7, 11) is 2.51. The minimum Gasteiger partial charge on any atom is -0.354 e. The van der Waals surface area contributed by atoms with E-state index in [0.29, 0.717) is 0 Å². The van der Waals surface area contributed by atoms with Crippen molar-refractivity contribution in [3.8, 4) is 0 Å². The van der Waals surface area contributed by atoms with Gasteiger partial charge in [0.15, 0.2) is 0 Å². The minimum absolute atomic E-state index is 0.852. The first-order valence-electron chi connectivity index (χ1n) is 5.88. The third kappa shape index (κ3) is 3.18.